The van der Waals surface area contributed by atoms with Crippen molar-refractivity contribution >= 4 is 33.0 Å². The monoisotopic (exact) mass is 448 g/mol. The Morgan fingerprint density at radius 3 is 2.23 bits per heavy atom. The third-order valence-corrected chi connectivity index (χ3v) is 8.41. The van der Waals surface area contributed by atoms with Gasteiger partial charge < -0.3 is 5.32 Å². The summed E-state index contributed by atoms with van der Waals surface area (Å²) in [4.78, 5) is 18.6. The van der Waals surface area contributed by atoms with E-state index in [1.165, 1.54) is 9.18 Å². The molecule has 2 saturated heterocycles. The molecule has 1 N–H and O–H groups in total. The quantitative estimate of drug-likeness (QED) is 0.704. The van der Waals surface area contributed by atoms with Gasteiger partial charge in [0, 0.05) is 56.4 Å². The molecule has 0 saturated carbocycles. The number of amides is 1. The fraction of sp³-hybridized carbons (Fsp3) is 0.476. The van der Waals surface area contributed by atoms with Gasteiger partial charge in [0.2, 0.25) is 15.9 Å². The van der Waals surface area contributed by atoms with E-state index in [0.717, 1.165) is 45.6 Å². The minimum atomic E-state index is -3.42. The summed E-state index contributed by atoms with van der Waals surface area (Å²) in [5, 5.41) is 4.99. The maximum atomic E-state index is 12.6. The lowest BCUT2D eigenvalue weighted by Crippen LogP contribution is -2.48. The molecule has 0 radical (unpaired) electrons. The molecule has 0 spiro atoms. The number of thiophene rings is 1. The largest absolute Gasteiger partial charge is 0.325 e. The average molecular weight is 449 g/mol. The molecule has 0 atom stereocenters. The maximum absolute atomic E-state index is 12.6. The number of piperazine rings is 1. The first-order valence-electron chi connectivity index (χ1n) is 10.4. The Morgan fingerprint density at radius 1 is 0.933 bits per heavy atom. The van der Waals surface area contributed by atoms with Gasteiger partial charge >= 0.3 is 0 Å². The van der Waals surface area contributed by atoms with Gasteiger partial charge in [-0.3, -0.25) is 14.6 Å². The van der Waals surface area contributed by atoms with Crippen LogP contribution in [0.4, 0.5) is 5.69 Å². The highest BCUT2D eigenvalue weighted by Crippen LogP contribution is 2.22. The number of sulfonamides is 1. The molecule has 2 aromatic rings. The lowest BCUT2D eigenvalue weighted by Gasteiger charge is -2.34. The summed E-state index contributed by atoms with van der Waals surface area (Å²) in [5.74, 6) is -0.0724. The third kappa shape index (κ3) is 5.28. The summed E-state index contributed by atoms with van der Waals surface area (Å²) >= 11 is 1.78. The van der Waals surface area contributed by atoms with Gasteiger partial charge in [-0.15, -0.1) is 11.3 Å². The van der Waals surface area contributed by atoms with E-state index in [4.69, 9.17) is 0 Å². The highest BCUT2D eigenvalue weighted by Gasteiger charge is 2.27. The van der Waals surface area contributed by atoms with Crippen LogP contribution in [0.2, 0.25) is 0 Å². The molecular weight excluding hydrogens is 420 g/mol. The van der Waals surface area contributed by atoms with Gasteiger partial charge in [-0.05, 0) is 48.6 Å². The van der Waals surface area contributed by atoms with E-state index >= 15 is 0 Å². The van der Waals surface area contributed by atoms with E-state index in [1.807, 2.05) is 0 Å². The smallest absolute Gasteiger partial charge is 0.243 e. The van der Waals surface area contributed by atoms with Crippen LogP contribution < -0.4 is 5.32 Å². The molecule has 9 heteroatoms. The standard InChI is InChI=1S/C21H28N4O3S2/c26-21(17-24-13-11-23(12-14-24)16-19-4-3-15-29-19)22-18-5-7-20(8-6-18)30(27,28)25-9-1-2-10-25/h3-8,15H,1-2,9-14,16-17H2,(H,22,26). The Hall–Kier alpha value is -1.78. The molecule has 0 unspecified atom stereocenters. The highest BCUT2D eigenvalue weighted by atomic mass is 32.2. The number of rotatable bonds is 7. The van der Waals surface area contributed by atoms with E-state index < -0.39 is 10.0 Å². The minimum absolute atomic E-state index is 0.0724. The molecule has 7 nitrogen and oxygen atoms in total. The van der Waals surface area contributed by atoms with E-state index in [9.17, 15) is 13.2 Å². The first-order valence-corrected chi connectivity index (χ1v) is 12.7. The molecule has 162 valence electrons. The molecule has 1 aromatic heterocycles. The SMILES string of the molecule is O=C(CN1CCN(Cc2cccs2)CC1)Nc1ccc(S(=O)(=O)N2CCCC2)cc1. The van der Waals surface area contributed by atoms with E-state index in [-0.39, 0.29) is 10.8 Å². The minimum Gasteiger partial charge on any atom is -0.325 e. The number of anilines is 1. The third-order valence-electron chi connectivity index (χ3n) is 5.63. The predicted molar refractivity (Wildman–Crippen MR) is 119 cm³/mol. The lowest BCUT2D eigenvalue weighted by atomic mass is 10.3. The fourth-order valence-corrected chi connectivity index (χ4v) is 6.18. The van der Waals surface area contributed by atoms with Crippen LogP contribution in [0.5, 0.6) is 0 Å². The van der Waals surface area contributed by atoms with E-state index in [1.54, 1.807) is 35.6 Å². The summed E-state index contributed by atoms with van der Waals surface area (Å²) in [6, 6.07) is 10.7. The summed E-state index contributed by atoms with van der Waals surface area (Å²) in [7, 11) is -3.42. The number of benzene rings is 1. The molecule has 0 aliphatic carbocycles. The number of nitrogens with zero attached hydrogens (tertiary/aromatic N) is 3. The predicted octanol–water partition coefficient (Wildman–Crippen LogP) is 2.29. The van der Waals surface area contributed by atoms with Crippen molar-refractivity contribution < 1.29 is 13.2 Å². The zero-order valence-corrected chi connectivity index (χ0v) is 18.6. The number of carbonyl (C=O) groups is 1. The number of hydrogen-bond donors (Lipinski definition) is 1. The maximum Gasteiger partial charge on any atom is 0.243 e. The van der Waals surface area contributed by atoms with Gasteiger partial charge in [-0.2, -0.15) is 4.31 Å². The van der Waals surface area contributed by atoms with Crippen molar-refractivity contribution in [2.24, 2.45) is 0 Å². The number of hydrogen-bond acceptors (Lipinski definition) is 6. The molecule has 2 aliphatic rings. The average Bonchev–Trinajstić information content (AvgIpc) is 3.44. The normalized spacial score (nSPS) is 19.2. The van der Waals surface area contributed by atoms with Crippen LogP contribution in [0.3, 0.4) is 0 Å². The van der Waals surface area contributed by atoms with Crippen LogP contribution in [-0.2, 0) is 21.4 Å². The van der Waals surface area contributed by atoms with Gasteiger partial charge in [-0.1, -0.05) is 6.07 Å². The molecular formula is C21H28N4O3S2. The Morgan fingerprint density at radius 2 is 1.60 bits per heavy atom. The van der Waals surface area contributed by atoms with Crippen LogP contribution >= 0.6 is 11.3 Å². The van der Waals surface area contributed by atoms with Crippen molar-refractivity contribution in [1.82, 2.24) is 14.1 Å². The van der Waals surface area contributed by atoms with E-state index in [0.29, 0.717) is 25.3 Å². The van der Waals surface area contributed by atoms with Crippen LogP contribution in [0.1, 0.15) is 17.7 Å². The molecule has 1 amide bonds. The zero-order valence-electron chi connectivity index (χ0n) is 17.0. The van der Waals surface area contributed by atoms with Crippen LogP contribution in [0, 0.1) is 0 Å². The van der Waals surface area contributed by atoms with Gasteiger partial charge in [0.25, 0.3) is 0 Å². The van der Waals surface area contributed by atoms with Crippen LogP contribution in [0.25, 0.3) is 0 Å². The molecule has 2 fully saturated rings. The summed E-state index contributed by atoms with van der Waals surface area (Å²) < 4.78 is 26.7. The van der Waals surface area contributed by atoms with Gasteiger partial charge in [0.15, 0.2) is 0 Å². The van der Waals surface area contributed by atoms with E-state index in [2.05, 4.69) is 32.6 Å². The van der Waals surface area contributed by atoms with Crippen LogP contribution in [-0.4, -0.2) is 74.2 Å². The topological polar surface area (TPSA) is 73.0 Å². The Labute approximate surface area is 182 Å². The molecule has 30 heavy (non-hydrogen) atoms. The number of carbonyl (C=O) groups excluding carboxylic acids is 1. The van der Waals surface area contributed by atoms with Crippen molar-refractivity contribution in [2.75, 3.05) is 51.1 Å². The van der Waals surface area contributed by atoms with Gasteiger partial charge in [-0.25, -0.2) is 8.42 Å². The van der Waals surface area contributed by atoms with Gasteiger partial charge in [0.1, 0.15) is 0 Å². The molecule has 3 heterocycles. The second kappa shape index (κ2) is 9.57. The molecule has 1 aromatic carbocycles. The first-order chi connectivity index (χ1) is 14.5. The summed E-state index contributed by atoms with van der Waals surface area (Å²) in [6.07, 6.45) is 1.82. The van der Waals surface area contributed by atoms with Crippen molar-refractivity contribution in [3.63, 3.8) is 0 Å². The van der Waals surface area contributed by atoms with Crippen molar-refractivity contribution in [3.8, 4) is 0 Å². The highest BCUT2D eigenvalue weighted by molar-refractivity contribution is 7.89. The molecule has 2 aliphatic heterocycles. The second-order valence-corrected chi connectivity index (χ2v) is 10.8. The Bertz CT molecular complexity index is 931. The Balaban J connectivity index is 1.24. The lowest BCUT2D eigenvalue weighted by molar-refractivity contribution is -0.117. The fourth-order valence-electron chi connectivity index (χ4n) is 3.92. The van der Waals surface area contributed by atoms with Crippen molar-refractivity contribution in [2.45, 2.75) is 24.3 Å². The van der Waals surface area contributed by atoms with Gasteiger partial charge in [0.05, 0.1) is 11.4 Å². The van der Waals surface area contributed by atoms with Crippen molar-refractivity contribution in [3.05, 3.63) is 46.7 Å². The summed E-state index contributed by atoms with van der Waals surface area (Å²) in [6.45, 7) is 6.13. The number of nitrogens with one attached hydrogen (secondary N) is 1. The molecule has 0 bridgehead atoms. The Kier molecular flexibility index (Phi) is 6.84. The molecule has 4 rings (SSSR count). The second-order valence-electron chi connectivity index (χ2n) is 7.82. The first kappa shape index (κ1) is 21.5. The zero-order chi connectivity index (χ0) is 21.0. The summed E-state index contributed by atoms with van der Waals surface area (Å²) in [5.41, 5.74) is 0.622. The van der Waals surface area contributed by atoms with Crippen molar-refractivity contribution in [1.29, 1.82) is 0 Å². The van der Waals surface area contributed by atoms with Crippen LogP contribution in [0.15, 0.2) is 46.7 Å².